The Balaban J connectivity index is 2.20. The number of nitrogen functional groups attached to an aromatic ring is 1. The summed E-state index contributed by atoms with van der Waals surface area (Å²) in [5.41, 5.74) is 6.85. The Labute approximate surface area is 121 Å². The summed E-state index contributed by atoms with van der Waals surface area (Å²) in [6.45, 7) is 0.335. The van der Waals surface area contributed by atoms with Gasteiger partial charge in [-0.05, 0) is 29.8 Å². The SMILES string of the molecule is N=C(N)c1c(Cl)cccc1OCc1cccc(Cl)c1. The van der Waals surface area contributed by atoms with Gasteiger partial charge in [-0.2, -0.15) is 0 Å². The zero-order chi connectivity index (χ0) is 13.8. The van der Waals surface area contributed by atoms with Crippen LogP contribution in [0, 0.1) is 5.41 Å². The Morgan fingerprint density at radius 3 is 2.58 bits per heavy atom. The lowest BCUT2D eigenvalue weighted by molar-refractivity contribution is 0.305. The number of nitrogens with one attached hydrogen (secondary N) is 1. The molecule has 5 heteroatoms. The summed E-state index contributed by atoms with van der Waals surface area (Å²) in [7, 11) is 0. The summed E-state index contributed by atoms with van der Waals surface area (Å²) in [4.78, 5) is 0. The molecular weight excluding hydrogens is 283 g/mol. The third kappa shape index (κ3) is 3.40. The van der Waals surface area contributed by atoms with Crippen LogP contribution in [0.2, 0.25) is 10.0 Å². The van der Waals surface area contributed by atoms with Gasteiger partial charge in [0.1, 0.15) is 18.2 Å². The van der Waals surface area contributed by atoms with E-state index in [1.165, 1.54) is 0 Å². The van der Waals surface area contributed by atoms with Gasteiger partial charge in [0.25, 0.3) is 0 Å². The van der Waals surface area contributed by atoms with Gasteiger partial charge in [-0.15, -0.1) is 0 Å². The molecule has 0 aliphatic heterocycles. The van der Waals surface area contributed by atoms with Crippen LogP contribution in [0.4, 0.5) is 0 Å². The van der Waals surface area contributed by atoms with E-state index in [2.05, 4.69) is 0 Å². The summed E-state index contributed by atoms with van der Waals surface area (Å²) < 4.78 is 5.66. The van der Waals surface area contributed by atoms with Gasteiger partial charge >= 0.3 is 0 Å². The van der Waals surface area contributed by atoms with Crippen LogP contribution < -0.4 is 10.5 Å². The highest BCUT2D eigenvalue weighted by atomic mass is 35.5. The lowest BCUT2D eigenvalue weighted by Gasteiger charge is -2.12. The molecule has 0 radical (unpaired) electrons. The van der Waals surface area contributed by atoms with Crippen LogP contribution in [0.5, 0.6) is 5.75 Å². The molecule has 0 aliphatic rings. The second-order valence-electron chi connectivity index (χ2n) is 3.95. The minimum Gasteiger partial charge on any atom is -0.488 e. The first kappa shape index (κ1) is 13.7. The Kier molecular flexibility index (Phi) is 4.30. The first-order valence-corrected chi connectivity index (χ1v) is 6.33. The fraction of sp³-hybridized carbons (Fsp3) is 0.0714. The van der Waals surface area contributed by atoms with Gasteiger partial charge in [0, 0.05) is 5.02 Å². The van der Waals surface area contributed by atoms with Crippen molar-refractivity contribution in [2.45, 2.75) is 6.61 Å². The number of ether oxygens (including phenoxy) is 1. The summed E-state index contributed by atoms with van der Waals surface area (Å²) in [6.07, 6.45) is 0. The molecule has 0 spiro atoms. The van der Waals surface area contributed by atoms with Crippen molar-refractivity contribution in [3.63, 3.8) is 0 Å². The van der Waals surface area contributed by atoms with Gasteiger partial charge in [0.2, 0.25) is 0 Å². The molecule has 0 saturated heterocycles. The molecule has 0 aliphatic carbocycles. The maximum atomic E-state index is 7.53. The van der Waals surface area contributed by atoms with Gasteiger partial charge in [0.15, 0.2) is 0 Å². The van der Waals surface area contributed by atoms with E-state index in [1.807, 2.05) is 18.2 Å². The molecular formula is C14H12Cl2N2O. The van der Waals surface area contributed by atoms with Crippen LogP contribution in [0.15, 0.2) is 42.5 Å². The van der Waals surface area contributed by atoms with Crippen LogP contribution >= 0.6 is 23.2 Å². The predicted octanol–water partition coefficient (Wildman–Crippen LogP) is 3.86. The smallest absolute Gasteiger partial charge is 0.132 e. The number of hydrogen-bond donors (Lipinski definition) is 2. The molecule has 2 aromatic rings. The van der Waals surface area contributed by atoms with Crippen LogP contribution in [0.1, 0.15) is 11.1 Å². The number of amidine groups is 1. The van der Waals surface area contributed by atoms with E-state index < -0.39 is 0 Å². The minimum atomic E-state index is -0.119. The average Bonchev–Trinajstić information content (AvgIpc) is 2.36. The molecule has 98 valence electrons. The molecule has 3 N–H and O–H groups in total. The molecule has 0 amide bonds. The van der Waals surface area contributed by atoms with Gasteiger partial charge in [-0.25, -0.2) is 0 Å². The number of nitrogens with two attached hydrogens (primary N) is 1. The third-order valence-corrected chi connectivity index (χ3v) is 3.08. The lowest BCUT2D eigenvalue weighted by Crippen LogP contribution is -2.13. The van der Waals surface area contributed by atoms with Crippen LogP contribution in [0.3, 0.4) is 0 Å². The molecule has 0 fully saturated rings. The highest BCUT2D eigenvalue weighted by Gasteiger charge is 2.11. The molecule has 0 unspecified atom stereocenters. The van der Waals surface area contributed by atoms with Crippen molar-refractivity contribution >= 4 is 29.0 Å². The normalized spacial score (nSPS) is 10.2. The summed E-state index contributed by atoms with van der Waals surface area (Å²) in [5.74, 6) is 0.367. The quantitative estimate of drug-likeness (QED) is 0.664. The van der Waals surface area contributed by atoms with Crippen molar-refractivity contribution < 1.29 is 4.74 Å². The zero-order valence-electron chi connectivity index (χ0n) is 9.99. The number of hydrogen-bond acceptors (Lipinski definition) is 2. The van der Waals surface area contributed by atoms with E-state index in [0.717, 1.165) is 5.56 Å². The molecule has 2 rings (SSSR count). The van der Waals surface area contributed by atoms with Gasteiger partial charge in [0.05, 0.1) is 10.6 Å². The Hall–Kier alpha value is -1.71. The standard InChI is InChI=1S/C14H12Cl2N2O/c15-10-4-1-3-9(7-10)8-19-12-6-2-5-11(16)13(12)14(17)18/h1-7H,8H2,(H3,17,18). The van der Waals surface area contributed by atoms with E-state index in [9.17, 15) is 0 Å². The Morgan fingerprint density at radius 1 is 1.16 bits per heavy atom. The van der Waals surface area contributed by atoms with Gasteiger partial charge in [-0.1, -0.05) is 41.4 Å². The second-order valence-corrected chi connectivity index (χ2v) is 4.79. The van der Waals surface area contributed by atoms with Crippen LogP contribution in [-0.2, 0) is 6.61 Å². The molecule has 0 bridgehead atoms. The average molecular weight is 295 g/mol. The van der Waals surface area contributed by atoms with Gasteiger partial charge < -0.3 is 10.5 Å². The fourth-order valence-electron chi connectivity index (χ4n) is 1.67. The fourth-order valence-corrected chi connectivity index (χ4v) is 2.15. The molecule has 0 aromatic heterocycles. The summed E-state index contributed by atoms with van der Waals surface area (Å²) >= 11 is 11.9. The van der Waals surface area contributed by atoms with Gasteiger partial charge in [-0.3, -0.25) is 5.41 Å². The molecule has 19 heavy (non-hydrogen) atoms. The predicted molar refractivity (Wildman–Crippen MR) is 78.3 cm³/mol. The van der Waals surface area contributed by atoms with Crippen molar-refractivity contribution in [3.8, 4) is 5.75 Å². The highest BCUT2D eigenvalue weighted by Crippen LogP contribution is 2.26. The molecule has 0 heterocycles. The summed E-state index contributed by atoms with van der Waals surface area (Å²) in [5, 5.41) is 8.58. The first-order valence-electron chi connectivity index (χ1n) is 5.58. The van der Waals surface area contributed by atoms with E-state index >= 15 is 0 Å². The topological polar surface area (TPSA) is 59.1 Å². The molecule has 2 aromatic carbocycles. The zero-order valence-corrected chi connectivity index (χ0v) is 11.5. The van der Waals surface area contributed by atoms with Crippen molar-refractivity contribution in [1.82, 2.24) is 0 Å². The largest absolute Gasteiger partial charge is 0.488 e. The molecule has 0 atom stereocenters. The Morgan fingerprint density at radius 2 is 1.89 bits per heavy atom. The van der Waals surface area contributed by atoms with Crippen molar-refractivity contribution in [2.24, 2.45) is 5.73 Å². The van der Waals surface area contributed by atoms with Crippen molar-refractivity contribution in [2.75, 3.05) is 0 Å². The summed E-state index contributed by atoms with van der Waals surface area (Å²) in [6, 6.07) is 12.5. The number of rotatable bonds is 4. The highest BCUT2D eigenvalue weighted by molar-refractivity contribution is 6.34. The molecule has 0 saturated carbocycles. The van der Waals surface area contributed by atoms with Crippen LogP contribution in [-0.4, -0.2) is 5.84 Å². The van der Waals surface area contributed by atoms with E-state index in [4.69, 9.17) is 39.1 Å². The van der Waals surface area contributed by atoms with E-state index in [0.29, 0.717) is 28.0 Å². The van der Waals surface area contributed by atoms with Crippen molar-refractivity contribution in [3.05, 3.63) is 63.6 Å². The maximum Gasteiger partial charge on any atom is 0.132 e. The third-order valence-electron chi connectivity index (χ3n) is 2.53. The second kappa shape index (κ2) is 5.95. The maximum absolute atomic E-state index is 7.53. The Bertz CT molecular complexity index is 614. The molecule has 3 nitrogen and oxygen atoms in total. The monoisotopic (exact) mass is 294 g/mol. The van der Waals surface area contributed by atoms with E-state index in [-0.39, 0.29) is 5.84 Å². The number of benzene rings is 2. The lowest BCUT2D eigenvalue weighted by atomic mass is 10.2. The van der Waals surface area contributed by atoms with E-state index in [1.54, 1.807) is 24.3 Å². The number of halogens is 2. The van der Waals surface area contributed by atoms with Crippen molar-refractivity contribution in [1.29, 1.82) is 5.41 Å². The first-order chi connectivity index (χ1) is 9.08. The van der Waals surface area contributed by atoms with Crippen LogP contribution in [0.25, 0.3) is 0 Å². The minimum absolute atomic E-state index is 0.119.